The fourth-order valence-electron chi connectivity index (χ4n) is 4.05. The molecule has 4 rings (SSSR count). The Morgan fingerprint density at radius 3 is 2.69 bits per heavy atom. The van der Waals surface area contributed by atoms with Crippen LogP contribution < -0.4 is 10.6 Å². The summed E-state index contributed by atoms with van der Waals surface area (Å²) in [7, 11) is 0. The Bertz CT molecular complexity index is 1210. The van der Waals surface area contributed by atoms with E-state index in [-0.39, 0.29) is 17.7 Å². The highest BCUT2D eigenvalue weighted by Crippen LogP contribution is 2.36. The van der Waals surface area contributed by atoms with Crippen molar-refractivity contribution in [3.05, 3.63) is 52.1 Å². The van der Waals surface area contributed by atoms with Gasteiger partial charge in [0, 0.05) is 12.1 Å². The minimum atomic E-state index is -0.733. The molecular formula is C22H23N5O3S2. The van der Waals surface area contributed by atoms with Crippen LogP contribution in [0.4, 0.5) is 5.69 Å². The first-order chi connectivity index (χ1) is 15.4. The molecule has 0 aliphatic carbocycles. The van der Waals surface area contributed by atoms with Gasteiger partial charge in [-0.1, -0.05) is 25.1 Å². The Morgan fingerprint density at radius 2 is 2.06 bits per heavy atom. The molecule has 1 aromatic carbocycles. The molecule has 2 aromatic heterocycles. The standard InChI is InChI=1S/C22H23N5O3S2/c1-3-22(11-10-17(28)24-20(22)30)14-6-8-15(9-7-14)23-19(29)13(2)27-18(25-26-21(27)31)16-5-4-12-32-16/h4-9,12-13H,3,10-11H2,1-2H3,(H,23,29)(H,26,31)(H,24,28,30). The number of nitrogens with zero attached hydrogens (tertiary/aromatic N) is 2. The van der Waals surface area contributed by atoms with Crippen LogP contribution in [0.2, 0.25) is 0 Å². The second kappa shape index (κ2) is 8.79. The number of piperidine rings is 1. The summed E-state index contributed by atoms with van der Waals surface area (Å²) in [6.07, 6.45) is 1.37. The van der Waals surface area contributed by atoms with Crippen LogP contribution in [-0.4, -0.2) is 32.5 Å². The lowest BCUT2D eigenvalue weighted by Gasteiger charge is -2.35. The fraction of sp³-hybridized carbons (Fsp3) is 0.318. The number of carbonyl (C=O) groups excluding carboxylic acids is 3. The van der Waals surface area contributed by atoms with Gasteiger partial charge in [0.25, 0.3) is 0 Å². The molecule has 10 heteroatoms. The molecule has 32 heavy (non-hydrogen) atoms. The molecule has 2 unspecified atom stereocenters. The number of benzene rings is 1. The van der Waals surface area contributed by atoms with Crippen molar-refractivity contribution in [1.29, 1.82) is 0 Å². The van der Waals surface area contributed by atoms with Crippen LogP contribution in [0.1, 0.15) is 44.7 Å². The van der Waals surface area contributed by atoms with Crippen LogP contribution in [-0.2, 0) is 19.8 Å². The molecule has 0 spiro atoms. The van der Waals surface area contributed by atoms with Gasteiger partial charge < -0.3 is 5.32 Å². The quantitative estimate of drug-likeness (QED) is 0.374. The molecule has 166 valence electrons. The second-order valence-corrected chi connectivity index (χ2v) is 9.09. The number of imide groups is 1. The van der Waals surface area contributed by atoms with Crippen molar-refractivity contribution < 1.29 is 14.4 Å². The number of thiophene rings is 1. The number of H-pyrrole nitrogens is 1. The summed E-state index contributed by atoms with van der Waals surface area (Å²) in [4.78, 5) is 38.0. The van der Waals surface area contributed by atoms with Gasteiger partial charge in [-0.2, -0.15) is 5.10 Å². The first-order valence-corrected chi connectivity index (χ1v) is 11.6. The third-order valence-corrected chi connectivity index (χ3v) is 7.14. The number of hydrogen-bond donors (Lipinski definition) is 3. The zero-order valence-corrected chi connectivity index (χ0v) is 19.3. The molecule has 3 amide bonds. The van der Waals surface area contributed by atoms with Crippen molar-refractivity contribution in [3.8, 4) is 10.7 Å². The highest BCUT2D eigenvalue weighted by Gasteiger charge is 2.42. The van der Waals surface area contributed by atoms with E-state index < -0.39 is 11.5 Å². The Hall–Kier alpha value is -3.11. The van der Waals surface area contributed by atoms with Gasteiger partial charge in [0.1, 0.15) is 6.04 Å². The highest BCUT2D eigenvalue weighted by molar-refractivity contribution is 7.71. The molecule has 8 nitrogen and oxygen atoms in total. The molecular weight excluding hydrogens is 446 g/mol. The van der Waals surface area contributed by atoms with Gasteiger partial charge in [-0.3, -0.25) is 29.4 Å². The summed E-state index contributed by atoms with van der Waals surface area (Å²) < 4.78 is 2.06. The summed E-state index contributed by atoms with van der Waals surface area (Å²) in [5.74, 6) is -0.126. The van der Waals surface area contributed by atoms with Crippen molar-refractivity contribution in [1.82, 2.24) is 20.1 Å². The number of nitrogens with one attached hydrogen (secondary N) is 3. The van der Waals surface area contributed by atoms with Crippen LogP contribution in [0, 0.1) is 4.77 Å². The van der Waals surface area contributed by atoms with E-state index in [1.165, 1.54) is 11.3 Å². The minimum absolute atomic E-state index is 0.237. The minimum Gasteiger partial charge on any atom is -0.324 e. The average molecular weight is 470 g/mol. The number of rotatable bonds is 6. The third-order valence-electron chi connectivity index (χ3n) is 5.99. The lowest BCUT2D eigenvalue weighted by atomic mass is 9.72. The highest BCUT2D eigenvalue weighted by atomic mass is 32.1. The average Bonchev–Trinajstić information content (AvgIpc) is 3.44. The maximum Gasteiger partial charge on any atom is 0.247 e. The van der Waals surface area contributed by atoms with Crippen LogP contribution in [0.5, 0.6) is 0 Å². The van der Waals surface area contributed by atoms with Gasteiger partial charge >= 0.3 is 0 Å². The number of amides is 3. The molecule has 1 saturated heterocycles. The predicted molar refractivity (Wildman–Crippen MR) is 125 cm³/mol. The van der Waals surface area contributed by atoms with Crippen LogP contribution >= 0.6 is 23.6 Å². The molecule has 1 aliphatic rings. The Balaban J connectivity index is 1.53. The van der Waals surface area contributed by atoms with Crippen molar-refractivity contribution in [2.45, 2.75) is 44.6 Å². The van der Waals surface area contributed by atoms with Gasteiger partial charge in [0.05, 0.1) is 10.3 Å². The normalized spacial score (nSPS) is 19.4. The van der Waals surface area contributed by atoms with Crippen molar-refractivity contribution in [2.24, 2.45) is 0 Å². The van der Waals surface area contributed by atoms with E-state index in [1.54, 1.807) is 23.6 Å². The maximum atomic E-state index is 13.0. The zero-order chi connectivity index (χ0) is 22.9. The Morgan fingerprint density at radius 1 is 1.31 bits per heavy atom. The molecule has 1 fully saturated rings. The molecule has 1 aliphatic heterocycles. The van der Waals surface area contributed by atoms with Gasteiger partial charge in [0.15, 0.2) is 10.6 Å². The van der Waals surface area contributed by atoms with Crippen molar-refractivity contribution in [3.63, 3.8) is 0 Å². The molecule has 3 aromatic rings. The SMILES string of the molecule is CCC1(c2ccc(NC(=O)C(C)n3c(-c4cccs4)n[nH]c3=S)cc2)CCC(=O)NC1=O. The van der Waals surface area contributed by atoms with E-state index >= 15 is 0 Å². The Kier molecular flexibility index (Phi) is 6.07. The molecule has 0 saturated carbocycles. The summed E-state index contributed by atoms with van der Waals surface area (Å²) in [5.41, 5.74) is 0.702. The van der Waals surface area contributed by atoms with E-state index in [0.717, 1.165) is 10.4 Å². The van der Waals surface area contributed by atoms with Gasteiger partial charge in [-0.25, -0.2) is 0 Å². The number of aromatic amines is 1. The van der Waals surface area contributed by atoms with Crippen molar-refractivity contribution in [2.75, 3.05) is 5.32 Å². The largest absolute Gasteiger partial charge is 0.324 e. The monoisotopic (exact) mass is 469 g/mol. The summed E-state index contributed by atoms with van der Waals surface area (Å²) in [5, 5.41) is 14.3. The number of aromatic nitrogens is 3. The topological polar surface area (TPSA) is 109 Å². The fourth-order valence-corrected chi connectivity index (χ4v) is 5.05. The number of anilines is 1. The maximum absolute atomic E-state index is 13.0. The second-order valence-electron chi connectivity index (χ2n) is 7.76. The lowest BCUT2D eigenvalue weighted by Crippen LogP contribution is -2.51. The zero-order valence-electron chi connectivity index (χ0n) is 17.7. The first-order valence-electron chi connectivity index (χ1n) is 10.3. The molecule has 2 atom stereocenters. The van der Waals surface area contributed by atoms with Gasteiger partial charge in [-0.05, 0) is 61.1 Å². The molecule has 3 N–H and O–H groups in total. The van der Waals surface area contributed by atoms with E-state index in [0.29, 0.717) is 35.5 Å². The molecule has 0 bridgehead atoms. The van der Waals surface area contributed by atoms with E-state index in [9.17, 15) is 14.4 Å². The van der Waals surface area contributed by atoms with Crippen molar-refractivity contribution >= 4 is 47.0 Å². The van der Waals surface area contributed by atoms with Gasteiger partial charge in [0.2, 0.25) is 17.7 Å². The third kappa shape index (κ3) is 3.91. The summed E-state index contributed by atoms with van der Waals surface area (Å²) >= 11 is 6.87. The lowest BCUT2D eigenvalue weighted by molar-refractivity contribution is -0.138. The number of carbonyl (C=O) groups is 3. The van der Waals surface area contributed by atoms with E-state index in [1.807, 2.05) is 36.6 Å². The number of hydrogen-bond acceptors (Lipinski definition) is 6. The smallest absolute Gasteiger partial charge is 0.247 e. The predicted octanol–water partition coefficient (Wildman–Crippen LogP) is 3.95. The van der Waals surface area contributed by atoms with E-state index in [4.69, 9.17) is 12.2 Å². The van der Waals surface area contributed by atoms with Gasteiger partial charge in [-0.15, -0.1) is 11.3 Å². The first kappa shape index (κ1) is 22.1. The van der Waals surface area contributed by atoms with E-state index in [2.05, 4.69) is 20.8 Å². The molecule has 3 heterocycles. The van der Waals surface area contributed by atoms with Crippen LogP contribution in [0.3, 0.4) is 0 Å². The Labute approximate surface area is 194 Å². The van der Waals surface area contributed by atoms with Crippen LogP contribution in [0.25, 0.3) is 10.7 Å². The summed E-state index contributed by atoms with van der Waals surface area (Å²) in [6, 6.07) is 10.5. The van der Waals surface area contributed by atoms with Crippen LogP contribution in [0.15, 0.2) is 41.8 Å². The molecule has 0 radical (unpaired) electrons. The summed E-state index contributed by atoms with van der Waals surface area (Å²) in [6.45, 7) is 3.70.